The predicted octanol–water partition coefficient (Wildman–Crippen LogP) is 6.17. The number of para-hydroxylation sites is 1. The van der Waals surface area contributed by atoms with Gasteiger partial charge in [-0.25, -0.2) is 4.39 Å². The van der Waals surface area contributed by atoms with E-state index in [1.165, 1.54) is 45.6 Å². The Bertz CT molecular complexity index is 1850. The second-order valence-electron chi connectivity index (χ2n) is 11.1. The van der Waals surface area contributed by atoms with E-state index < -0.39 is 29.2 Å². The number of ketones is 3. The highest BCUT2D eigenvalue weighted by Gasteiger charge is 2.72. The van der Waals surface area contributed by atoms with E-state index in [9.17, 15) is 18.8 Å². The zero-order valence-electron chi connectivity index (χ0n) is 24.2. The minimum Gasteiger partial charge on any atom is -0.493 e. The molecule has 44 heavy (non-hydrogen) atoms. The van der Waals surface area contributed by atoms with E-state index in [2.05, 4.69) is 0 Å². The minimum absolute atomic E-state index is 0.249. The number of hydrogen-bond acceptors (Lipinski definition) is 7. The fraction of sp³-hybridized carbons (Fsp3) is 0.194. The van der Waals surface area contributed by atoms with Crippen molar-refractivity contribution in [3.63, 3.8) is 0 Å². The summed E-state index contributed by atoms with van der Waals surface area (Å²) in [7, 11) is 4.44. The molecule has 2 aliphatic heterocycles. The van der Waals surface area contributed by atoms with Crippen molar-refractivity contribution in [1.82, 2.24) is 0 Å². The van der Waals surface area contributed by atoms with Crippen LogP contribution in [0.25, 0.3) is 6.08 Å². The Hall–Kier alpha value is -5.24. The maximum Gasteiger partial charge on any atom is 0.203 e. The molecule has 4 aromatic rings. The number of halogens is 1. The van der Waals surface area contributed by atoms with Gasteiger partial charge in [-0.15, -0.1) is 0 Å². The summed E-state index contributed by atoms with van der Waals surface area (Å²) in [5, 5.41) is 0. The van der Waals surface area contributed by atoms with E-state index in [4.69, 9.17) is 14.2 Å². The molecule has 0 bridgehead atoms. The van der Waals surface area contributed by atoms with Gasteiger partial charge < -0.3 is 19.1 Å². The molecular weight excluding hydrogens is 561 g/mol. The summed E-state index contributed by atoms with van der Waals surface area (Å²) >= 11 is 0. The van der Waals surface area contributed by atoms with Crippen molar-refractivity contribution in [2.75, 3.05) is 26.2 Å². The fourth-order valence-electron chi connectivity index (χ4n) is 7.41. The lowest BCUT2D eigenvalue weighted by Gasteiger charge is -2.37. The maximum atomic E-state index is 14.9. The number of carbonyl (C=O) groups is 3. The molecule has 3 aliphatic rings. The van der Waals surface area contributed by atoms with Crippen LogP contribution >= 0.6 is 0 Å². The molecule has 4 aromatic carbocycles. The molecule has 0 radical (unpaired) electrons. The van der Waals surface area contributed by atoms with Gasteiger partial charge in [-0.05, 0) is 42.0 Å². The number of ether oxygens (including phenoxy) is 3. The van der Waals surface area contributed by atoms with Crippen molar-refractivity contribution in [2.45, 2.75) is 18.0 Å². The van der Waals surface area contributed by atoms with Crippen LogP contribution in [-0.2, 0) is 0 Å². The number of carbonyl (C=O) groups excluding carboxylic acids is 3. The predicted molar refractivity (Wildman–Crippen MR) is 163 cm³/mol. The average Bonchev–Trinajstić information content (AvgIpc) is 3.49. The molecule has 0 unspecified atom stereocenters. The first-order chi connectivity index (χ1) is 21.4. The summed E-state index contributed by atoms with van der Waals surface area (Å²) in [6.45, 7) is 0. The number of methoxy groups -OCH3 is 3. The van der Waals surface area contributed by atoms with E-state index in [1.807, 2.05) is 41.3 Å². The SMILES string of the molecule is COc1ccc([C@@H]2[C@@H](C(=O)c3ccc(F)cc3)N3c4ccccc4C=C[C@@H]3C23C(=O)c2ccccc2C3=O)c(OC)c1OC. The number of Topliss-reactive ketones (excluding diaryl/α,β-unsaturated/α-hetero) is 3. The van der Waals surface area contributed by atoms with Gasteiger partial charge in [0.1, 0.15) is 17.3 Å². The third-order valence-electron chi connectivity index (χ3n) is 9.18. The summed E-state index contributed by atoms with van der Waals surface area (Å²) in [5.74, 6) is -1.71. The van der Waals surface area contributed by atoms with Crippen molar-refractivity contribution >= 4 is 29.1 Å². The van der Waals surface area contributed by atoms with E-state index in [0.29, 0.717) is 28.1 Å². The van der Waals surface area contributed by atoms with Gasteiger partial charge in [0.25, 0.3) is 0 Å². The highest BCUT2D eigenvalue weighted by molar-refractivity contribution is 6.32. The van der Waals surface area contributed by atoms with Gasteiger partial charge in [0.2, 0.25) is 5.75 Å². The first kappa shape index (κ1) is 27.6. The summed E-state index contributed by atoms with van der Waals surface area (Å²) in [4.78, 5) is 46.4. The minimum atomic E-state index is -1.74. The molecule has 0 N–H and O–H groups in total. The van der Waals surface area contributed by atoms with E-state index >= 15 is 0 Å². The van der Waals surface area contributed by atoms with E-state index in [1.54, 1.807) is 36.4 Å². The van der Waals surface area contributed by atoms with Gasteiger partial charge in [-0.1, -0.05) is 60.7 Å². The first-order valence-corrected chi connectivity index (χ1v) is 14.2. The highest BCUT2D eigenvalue weighted by atomic mass is 19.1. The van der Waals surface area contributed by atoms with Crippen LogP contribution in [0.15, 0.2) is 91.0 Å². The van der Waals surface area contributed by atoms with Crippen molar-refractivity contribution in [1.29, 1.82) is 0 Å². The molecule has 1 spiro atoms. The third-order valence-corrected chi connectivity index (χ3v) is 9.18. The molecule has 7 nitrogen and oxygen atoms in total. The van der Waals surface area contributed by atoms with Crippen LogP contribution in [-0.4, -0.2) is 50.8 Å². The highest BCUT2D eigenvalue weighted by Crippen LogP contribution is 2.63. The zero-order valence-corrected chi connectivity index (χ0v) is 24.2. The molecule has 7 rings (SSSR count). The monoisotopic (exact) mass is 589 g/mol. The van der Waals surface area contributed by atoms with Crippen molar-refractivity contribution in [3.05, 3.63) is 125 Å². The van der Waals surface area contributed by atoms with Gasteiger partial charge in [0, 0.05) is 33.9 Å². The molecule has 1 saturated heterocycles. The number of benzene rings is 4. The smallest absolute Gasteiger partial charge is 0.203 e. The summed E-state index contributed by atoms with van der Waals surface area (Å²) in [5.41, 5.74) is 1.12. The van der Waals surface area contributed by atoms with Crippen molar-refractivity contribution < 1.29 is 33.0 Å². The Morgan fingerprint density at radius 2 is 1.41 bits per heavy atom. The number of anilines is 1. The lowest BCUT2D eigenvalue weighted by molar-refractivity contribution is 0.0664. The molecule has 0 aromatic heterocycles. The van der Waals surface area contributed by atoms with Crippen LogP contribution in [0.2, 0.25) is 0 Å². The molecule has 1 aliphatic carbocycles. The Morgan fingerprint density at radius 1 is 0.773 bits per heavy atom. The summed E-state index contributed by atoms with van der Waals surface area (Å²) in [6, 6.07) is 21.2. The number of rotatable bonds is 6. The van der Waals surface area contributed by atoms with Gasteiger partial charge >= 0.3 is 0 Å². The molecule has 8 heteroatoms. The second-order valence-corrected chi connectivity index (χ2v) is 11.1. The lowest BCUT2D eigenvalue weighted by Crippen LogP contribution is -2.48. The largest absolute Gasteiger partial charge is 0.493 e. The van der Waals surface area contributed by atoms with E-state index in [0.717, 1.165) is 5.56 Å². The number of hydrogen-bond donors (Lipinski definition) is 0. The lowest BCUT2D eigenvalue weighted by atomic mass is 9.64. The number of fused-ring (bicyclic) bond motifs is 5. The van der Waals surface area contributed by atoms with Crippen LogP contribution < -0.4 is 19.1 Å². The van der Waals surface area contributed by atoms with Crippen molar-refractivity contribution in [3.8, 4) is 17.2 Å². The molecule has 0 saturated carbocycles. The average molecular weight is 590 g/mol. The molecule has 3 atom stereocenters. The first-order valence-electron chi connectivity index (χ1n) is 14.2. The fourth-order valence-corrected chi connectivity index (χ4v) is 7.41. The van der Waals surface area contributed by atoms with Crippen LogP contribution in [0.5, 0.6) is 17.2 Å². The van der Waals surface area contributed by atoms with Gasteiger partial charge in [-0.2, -0.15) is 0 Å². The Balaban J connectivity index is 1.59. The normalized spacial score (nSPS) is 20.7. The Morgan fingerprint density at radius 3 is 2.05 bits per heavy atom. The molecule has 220 valence electrons. The van der Waals surface area contributed by atoms with Gasteiger partial charge in [0.05, 0.1) is 27.4 Å². The summed E-state index contributed by atoms with van der Waals surface area (Å²) in [6.07, 6.45) is 3.75. The zero-order chi connectivity index (χ0) is 30.7. The molecule has 0 amide bonds. The van der Waals surface area contributed by atoms with Crippen LogP contribution in [0.1, 0.15) is 48.1 Å². The summed E-state index contributed by atoms with van der Waals surface area (Å²) < 4.78 is 31.2. The molecule has 2 heterocycles. The standard InChI is InChI=1S/C36H28FNO6/c1-42-27-18-17-25(32(43-2)33(27)44-3)29-30(31(39)21-12-15-22(37)16-13-21)38-26-11-7-4-8-20(26)14-19-28(38)36(29)34(40)23-9-5-6-10-24(23)35(36)41/h4-19,28-30H,1-3H3/t28-,29-,30+/m1/s1. The van der Waals surface area contributed by atoms with Crippen LogP contribution in [0, 0.1) is 11.2 Å². The second kappa shape index (κ2) is 10.2. The van der Waals surface area contributed by atoms with Crippen LogP contribution in [0.4, 0.5) is 10.1 Å². The van der Waals surface area contributed by atoms with Gasteiger partial charge in [-0.3, -0.25) is 14.4 Å². The topological polar surface area (TPSA) is 82.1 Å². The number of nitrogens with zero attached hydrogens (tertiary/aromatic N) is 1. The van der Waals surface area contributed by atoms with Crippen LogP contribution in [0.3, 0.4) is 0 Å². The quantitative estimate of drug-likeness (QED) is 0.197. The van der Waals surface area contributed by atoms with Crippen molar-refractivity contribution in [2.24, 2.45) is 5.41 Å². The molecule has 1 fully saturated rings. The Labute approximate surface area is 253 Å². The van der Waals surface area contributed by atoms with E-state index in [-0.39, 0.29) is 34.4 Å². The maximum absolute atomic E-state index is 14.9. The molecular formula is C36H28FNO6. The third kappa shape index (κ3) is 3.57. The van der Waals surface area contributed by atoms with Gasteiger partial charge in [0.15, 0.2) is 28.8 Å². The Kier molecular flexibility index (Phi) is 6.39.